The van der Waals surface area contributed by atoms with E-state index in [4.69, 9.17) is 21.9 Å². The standard InChI is InChI=1S/C12H17BrN2/c1-9-7-15(8-10(2)14-9)12-5-3-4-11(13)6-12/h3-6,9-10,14H,7-8H2,1-2H3/i1D3,2D3,3D,4D,5D,6D,7D2,8D2,9D,10D. The van der Waals surface area contributed by atoms with Gasteiger partial charge in [0.05, 0.1) is 11.0 Å². The van der Waals surface area contributed by atoms with E-state index < -0.39 is 73.1 Å². The summed E-state index contributed by atoms with van der Waals surface area (Å²) in [5.74, 6) is 0. The van der Waals surface area contributed by atoms with E-state index in [1.54, 1.807) is 5.32 Å². The van der Waals surface area contributed by atoms with Crippen molar-refractivity contribution in [3.63, 3.8) is 0 Å². The van der Waals surface area contributed by atoms with E-state index in [1.807, 2.05) is 0 Å². The number of rotatable bonds is 1. The summed E-state index contributed by atoms with van der Waals surface area (Å²) in [4.78, 5) is -0.220. The van der Waals surface area contributed by atoms with E-state index in [9.17, 15) is 0 Å². The molecule has 1 aliphatic rings. The highest BCUT2D eigenvalue weighted by atomic mass is 79.9. The maximum Gasteiger partial charge on any atom is 0.0657 e. The van der Waals surface area contributed by atoms with E-state index in [0.29, 0.717) is 0 Å². The summed E-state index contributed by atoms with van der Waals surface area (Å²) in [5.41, 5.74) is -1.08. The van der Waals surface area contributed by atoms with Crippen LogP contribution in [0.5, 0.6) is 0 Å². The van der Waals surface area contributed by atoms with Crippen LogP contribution in [0.2, 0.25) is 0 Å². The van der Waals surface area contributed by atoms with E-state index in [-0.39, 0.29) is 4.90 Å². The average molecular weight is 285 g/mol. The summed E-state index contributed by atoms with van der Waals surface area (Å²) >= 11 is 2.81. The van der Waals surface area contributed by atoms with Gasteiger partial charge in [-0.15, -0.1) is 0 Å². The number of nitrogens with one attached hydrogen (secondary N) is 1. The summed E-state index contributed by atoms with van der Waals surface area (Å²) in [6, 6.07) is -10.8. The van der Waals surface area contributed by atoms with Crippen LogP contribution in [0, 0.1) is 0 Å². The molecule has 2 unspecified atom stereocenters. The van der Waals surface area contributed by atoms with Gasteiger partial charge in [-0.3, -0.25) is 0 Å². The van der Waals surface area contributed by atoms with Crippen LogP contribution in [-0.2, 0) is 0 Å². The highest BCUT2D eigenvalue weighted by Gasteiger charge is 2.20. The van der Waals surface area contributed by atoms with Crippen molar-refractivity contribution in [3.8, 4) is 0 Å². The van der Waals surface area contributed by atoms with Gasteiger partial charge >= 0.3 is 0 Å². The predicted octanol–water partition coefficient (Wildman–Crippen LogP) is 2.64. The summed E-state index contributed by atoms with van der Waals surface area (Å²) < 4.78 is 127. The number of anilines is 1. The number of halogens is 1. The fraction of sp³-hybridized carbons (Fsp3) is 0.500. The maximum absolute atomic E-state index is 8.34. The lowest BCUT2D eigenvalue weighted by molar-refractivity contribution is 0.407. The third-order valence-electron chi connectivity index (χ3n) is 1.50. The van der Waals surface area contributed by atoms with Crippen molar-refractivity contribution >= 4 is 21.6 Å². The Morgan fingerprint density at radius 3 is 3.00 bits per heavy atom. The SMILES string of the molecule is [2H]c1c([2H])c(Br)c([2H])c(N2C([2H])([2H])C([2H])(C([2H])([2H])[2H])NC([2H])(C([2H])([2H])[2H])C2([2H])[2H])c1[2H]. The molecule has 0 aliphatic carbocycles. The van der Waals surface area contributed by atoms with Crippen LogP contribution in [0.4, 0.5) is 5.69 Å². The summed E-state index contributed by atoms with van der Waals surface area (Å²) in [6.07, 6.45) is 0. The van der Waals surface area contributed by atoms with Crippen molar-refractivity contribution < 1.29 is 21.9 Å². The Kier molecular flexibility index (Phi) is 0.801. The lowest BCUT2D eigenvalue weighted by Crippen LogP contribution is -2.54. The first-order valence-electron chi connectivity index (χ1n) is 11.9. The first kappa shape index (κ1) is 2.65. The molecule has 1 aromatic rings. The molecule has 2 atom stereocenters. The maximum atomic E-state index is 8.34. The van der Waals surface area contributed by atoms with Gasteiger partial charge in [0, 0.05) is 46.2 Å². The van der Waals surface area contributed by atoms with E-state index in [0.717, 1.165) is 0 Å². The zero-order chi connectivity index (χ0) is 24.7. The van der Waals surface area contributed by atoms with Crippen molar-refractivity contribution in [1.29, 1.82) is 0 Å². The van der Waals surface area contributed by atoms with Crippen LogP contribution < -0.4 is 10.2 Å². The highest BCUT2D eigenvalue weighted by Crippen LogP contribution is 2.21. The summed E-state index contributed by atoms with van der Waals surface area (Å²) in [7, 11) is 0. The Morgan fingerprint density at radius 2 is 2.33 bits per heavy atom. The van der Waals surface area contributed by atoms with Crippen molar-refractivity contribution in [1.82, 2.24) is 5.32 Å². The van der Waals surface area contributed by atoms with Crippen LogP contribution in [0.1, 0.15) is 35.6 Å². The molecule has 0 amide bonds. The fourth-order valence-corrected chi connectivity index (χ4v) is 1.25. The molecule has 1 N–H and O–H groups in total. The van der Waals surface area contributed by atoms with Crippen molar-refractivity contribution in [2.75, 3.05) is 17.9 Å². The summed E-state index contributed by atoms with van der Waals surface area (Å²) in [5, 5.41) is 1.54. The van der Waals surface area contributed by atoms with Gasteiger partial charge in [-0.25, -0.2) is 0 Å². The molecule has 1 fully saturated rings. The Labute approximate surface area is 122 Å². The number of hydrogen-bond donors (Lipinski definition) is 1. The van der Waals surface area contributed by atoms with E-state index in [1.165, 1.54) is 0 Å². The number of benzene rings is 1. The zero-order valence-corrected chi connectivity index (χ0v) is 8.91. The largest absolute Gasteiger partial charge is 0.368 e. The van der Waals surface area contributed by atoms with Crippen molar-refractivity contribution in [2.24, 2.45) is 0 Å². The van der Waals surface area contributed by atoms with Gasteiger partial charge < -0.3 is 10.2 Å². The molecular weight excluding hydrogens is 252 g/mol. The molecular formula is C12H17BrN2. The molecule has 0 spiro atoms. The van der Waals surface area contributed by atoms with Crippen molar-refractivity contribution in [2.45, 2.75) is 25.7 Å². The summed E-state index contributed by atoms with van der Waals surface area (Å²) in [6.45, 7) is -14.6. The third-order valence-corrected chi connectivity index (χ3v) is 1.90. The van der Waals surface area contributed by atoms with Crippen LogP contribution in [0.3, 0.4) is 0 Å². The Bertz CT molecular complexity index is 842. The minimum Gasteiger partial charge on any atom is -0.368 e. The molecule has 1 saturated heterocycles. The molecule has 15 heavy (non-hydrogen) atoms. The topological polar surface area (TPSA) is 15.3 Å². The Hall–Kier alpha value is -0.540. The second kappa shape index (κ2) is 4.54. The Morgan fingerprint density at radius 1 is 1.60 bits per heavy atom. The lowest BCUT2D eigenvalue weighted by Gasteiger charge is -2.37. The van der Waals surface area contributed by atoms with E-state index in [2.05, 4.69) is 15.9 Å². The van der Waals surface area contributed by atoms with Crippen molar-refractivity contribution in [3.05, 3.63) is 28.6 Å². The lowest BCUT2D eigenvalue weighted by atomic mass is 10.1. The second-order valence-corrected chi connectivity index (χ2v) is 3.39. The Balaban J connectivity index is 3.10. The minimum atomic E-state index is -3.67. The van der Waals surface area contributed by atoms with Gasteiger partial charge in [-0.2, -0.15) is 0 Å². The van der Waals surface area contributed by atoms with E-state index >= 15 is 0 Å². The fourth-order valence-electron chi connectivity index (χ4n) is 0.968. The average Bonchev–Trinajstić information content (AvgIpc) is 2.58. The number of nitrogens with zero attached hydrogens (tertiary/aromatic N) is 1. The van der Waals surface area contributed by atoms with Gasteiger partial charge in [0.15, 0.2) is 0 Å². The third kappa shape index (κ3) is 2.73. The minimum absolute atomic E-state index is 0.220. The molecule has 0 saturated carbocycles. The van der Waals surface area contributed by atoms with Gasteiger partial charge in [0.25, 0.3) is 0 Å². The monoisotopic (exact) mass is 284 g/mol. The number of piperazine rings is 1. The molecule has 2 rings (SSSR count). The first-order valence-corrected chi connectivity index (χ1v) is 4.65. The molecule has 0 aromatic heterocycles. The molecule has 82 valence electrons. The normalized spacial score (nSPS) is 60.5. The van der Waals surface area contributed by atoms with Gasteiger partial charge in [-0.05, 0) is 31.8 Å². The number of hydrogen-bond acceptors (Lipinski definition) is 2. The van der Waals surface area contributed by atoms with Crippen LogP contribution in [-0.4, -0.2) is 25.0 Å². The molecule has 3 heteroatoms. The van der Waals surface area contributed by atoms with Crippen LogP contribution in [0.15, 0.2) is 28.6 Å². The van der Waals surface area contributed by atoms with Gasteiger partial charge in [-0.1, -0.05) is 22.0 Å². The van der Waals surface area contributed by atoms with Gasteiger partial charge in [0.1, 0.15) is 0 Å². The van der Waals surface area contributed by atoms with Crippen LogP contribution >= 0.6 is 15.9 Å². The zero-order valence-electron chi connectivity index (χ0n) is 23.3. The molecule has 1 heterocycles. The predicted molar refractivity (Wildman–Crippen MR) is 68.4 cm³/mol. The molecule has 1 aliphatic heterocycles. The van der Waals surface area contributed by atoms with Crippen LogP contribution in [0.25, 0.3) is 0 Å². The molecule has 2 nitrogen and oxygen atoms in total. The quantitative estimate of drug-likeness (QED) is 0.853. The molecule has 0 radical (unpaired) electrons. The smallest absolute Gasteiger partial charge is 0.0657 e. The second-order valence-electron chi connectivity index (χ2n) is 2.60. The molecule has 1 aromatic carbocycles. The van der Waals surface area contributed by atoms with Gasteiger partial charge in [0.2, 0.25) is 0 Å². The highest BCUT2D eigenvalue weighted by molar-refractivity contribution is 9.10. The first-order chi connectivity index (χ1) is 13.5. The molecule has 0 bridgehead atoms.